The quantitative estimate of drug-likeness (QED) is 0.290. The van der Waals surface area contributed by atoms with Crippen LogP contribution in [0.4, 0.5) is 17.3 Å². The maximum Gasteiger partial charge on any atom is 0.673 e. The van der Waals surface area contributed by atoms with Crippen LogP contribution in [0.1, 0.15) is 22.9 Å². The average Bonchev–Trinajstić information content (AvgIpc) is 2.81. The Hall–Kier alpha value is -0.205. The largest absolute Gasteiger partial charge is 0.673 e. The molecule has 0 N–H and O–H groups in total. The standard InChI is InChI=1S/C12H15S3.BF4/c1-4-8-11(13-2)9-6-5-7-10(9)15-12(8)14-3;2-1(3,4)5/h5,7H,4,6H2,1-3H3;/q+1;-1. The fourth-order valence-electron chi connectivity index (χ4n) is 1.94. The minimum atomic E-state index is -6.00. The van der Waals surface area contributed by atoms with Crippen LogP contribution in [0.3, 0.4) is 0 Å². The molecular weight excluding hydrogens is 327 g/mol. The van der Waals surface area contributed by atoms with Gasteiger partial charge in [-0.1, -0.05) is 24.8 Å². The molecule has 0 aliphatic heterocycles. The van der Waals surface area contributed by atoms with E-state index >= 15 is 0 Å². The third-order valence-corrected chi connectivity index (χ3v) is 5.93. The van der Waals surface area contributed by atoms with Gasteiger partial charge in [-0.3, -0.25) is 0 Å². The Kier molecular flexibility index (Phi) is 6.87. The second kappa shape index (κ2) is 7.70. The lowest BCUT2D eigenvalue weighted by Crippen LogP contribution is -2.02. The van der Waals surface area contributed by atoms with Crippen LogP contribution in [0.15, 0.2) is 15.2 Å². The summed E-state index contributed by atoms with van der Waals surface area (Å²) in [5, 5.41) is 0. The maximum atomic E-state index is 9.75. The summed E-state index contributed by atoms with van der Waals surface area (Å²) in [6, 6.07) is 0. The van der Waals surface area contributed by atoms with E-state index in [2.05, 4.69) is 31.6 Å². The van der Waals surface area contributed by atoms with E-state index in [1.165, 1.54) is 14.0 Å². The van der Waals surface area contributed by atoms with Crippen LogP contribution in [-0.4, -0.2) is 19.8 Å². The van der Waals surface area contributed by atoms with Gasteiger partial charge in [0.15, 0.2) is 0 Å². The van der Waals surface area contributed by atoms with Gasteiger partial charge in [-0.25, -0.2) is 0 Å². The summed E-state index contributed by atoms with van der Waals surface area (Å²) >= 11 is 5.75. The number of rotatable bonds is 3. The minimum Gasteiger partial charge on any atom is -0.418 e. The van der Waals surface area contributed by atoms with Crippen LogP contribution in [0.2, 0.25) is 0 Å². The zero-order valence-corrected chi connectivity index (χ0v) is 13.8. The van der Waals surface area contributed by atoms with Gasteiger partial charge in [0.2, 0.25) is 16.2 Å². The molecule has 2 rings (SSSR count). The van der Waals surface area contributed by atoms with E-state index < -0.39 is 7.25 Å². The molecule has 0 fully saturated rings. The van der Waals surface area contributed by atoms with E-state index in [-0.39, 0.29) is 0 Å². The lowest BCUT2D eigenvalue weighted by Gasteiger charge is -2.07. The number of hydrogen-bond donors (Lipinski definition) is 0. The lowest BCUT2D eigenvalue weighted by molar-refractivity contribution is 0.368. The number of hydrogen-bond acceptors (Lipinski definition) is 2. The molecule has 0 saturated heterocycles. The highest BCUT2D eigenvalue weighted by Crippen LogP contribution is 2.41. The Labute approximate surface area is 129 Å². The van der Waals surface area contributed by atoms with Crippen molar-refractivity contribution in [1.82, 2.24) is 0 Å². The van der Waals surface area contributed by atoms with E-state index in [0.29, 0.717) is 0 Å². The Morgan fingerprint density at radius 2 is 1.80 bits per heavy atom. The zero-order chi connectivity index (χ0) is 15.3. The van der Waals surface area contributed by atoms with Crippen LogP contribution in [0, 0.1) is 0 Å². The van der Waals surface area contributed by atoms with Crippen molar-refractivity contribution in [3.05, 3.63) is 22.1 Å². The summed E-state index contributed by atoms with van der Waals surface area (Å²) in [7, 11) is -6.00. The summed E-state index contributed by atoms with van der Waals surface area (Å²) in [5.74, 6) is 0. The molecule has 8 heteroatoms. The molecular formula is C12H15BF4S3. The first-order valence-corrected chi connectivity index (χ1v) is 9.22. The SMILES string of the molecule is CCc1c(SC)[s+]c2c(c1SC)CC=C2.F[B-](F)(F)F. The zero-order valence-electron chi connectivity index (χ0n) is 11.4. The van der Waals surface area contributed by atoms with Crippen molar-refractivity contribution in [3.8, 4) is 0 Å². The van der Waals surface area contributed by atoms with Gasteiger partial charge in [-0.2, -0.15) is 0 Å². The number of thioether (sulfide) groups is 2. The van der Waals surface area contributed by atoms with Gasteiger partial charge in [0.05, 0.1) is 0 Å². The molecule has 112 valence electrons. The molecule has 0 unspecified atom stereocenters. The van der Waals surface area contributed by atoms with Gasteiger partial charge in [0.1, 0.15) is 0 Å². The molecule has 0 nitrogen and oxygen atoms in total. The molecule has 1 aliphatic carbocycles. The summed E-state index contributed by atoms with van der Waals surface area (Å²) in [5.41, 5.74) is 3.12. The smallest absolute Gasteiger partial charge is 0.418 e. The second-order valence-corrected chi connectivity index (χ2v) is 6.85. The predicted molar refractivity (Wildman–Crippen MR) is 84.6 cm³/mol. The molecule has 0 aromatic carbocycles. The molecule has 20 heavy (non-hydrogen) atoms. The van der Waals surface area contributed by atoms with Crippen molar-refractivity contribution in [2.24, 2.45) is 0 Å². The monoisotopic (exact) mass is 342 g/mol. The van der Waals surface area contributed by atoms with Crippen molar-refractivity contribution in [1.29, 1.82) is 0 Å². The van der Waals surface area contributed by atoms with Crippen molar-refractivity contribution in [2.45, 2.75) is 28.9 Å². The molecule has 0 spiro atoms. The summed E-state index contributed by atoms with van der Waals surface area (Å²) in [6.45, 7) is 2.26. The fourth-order valence-corrected chi connectivity index (χ4v) is 5.20. The number of fused-ring (bicyclic) bond motifs is 1. The maximum absolute atomic E-state index is 9.75. The Morgan fingerprint density at radius 3 is 2.25 bits per heavy atom. The molecule has 0 amide bonds. The molecule has 1 aliphatic rings. The van der Waals surface area contributed by atoms with Crippen LogP contribution in [0.5, 0.6) is 0 Å². The fraction of sp³-hybridized carbons (Fsp3) is 0.417. The number of allylic oxidation sites excluding steroid dienone is 1. The van der Waals surface area contributed by atoms with Gasteiger partial charge < -0.3 is 17.3 Å². The second-order valence-electron chi connectivity index (χ2n) is 3.90. The summed E-state index contributed by atoms with van der Waals surface area (Å²) in [6.07, 6.45) is 11.2. The van der Waals surface area contributed by atoms with Gasteiger partial charge >= 0.3 is 7.25 Å². The van der Waals surface area contributed by atoms with Crippen molar-refractivity contribution < 1.29 is 17.3 Å². The molecule has 1 heterocycles. The van der Waals surface area contributed by atoms with Gasteiger partial charge in [-0.05, 0) is 25.4 Å². The normalized spacial score (nSPS) is 12.9. The molecule has 0 saturated carbocycles. The third kappa shape index (κ3) is 4.97. The molecule has 0 radical (unpaired) electrons. The molecule has 0 atom stereocenters. The Balaban J connectivity index is 0.000000347. The summed E-state index contributed by atoms with van der Waals surface area (Å²) in [4.78, 5) is 3.00. The lowest BCUT2D eigenvalue weighted by atomic mass is 10.1. The Morgan fingerprint density at radius 1 is 1.20 bits per heavy atom. The molecule has 0 bridgehead atoms. The van der Waals surface area contributed by atoms with E-state index in [1.807, 2.05) is 34.9 Å². The van der Waals surface area contributed by atoms with Gasteiger partial charge in [0, 0.05) is 22.1 Å². The molecule has 1 aromatic heterocycles. The van der Waals surface area contributed by atoms with Crippen molar-refractivity contribution >= 4 is 48.2 Å². The predicted octanol–water partition coefficient (Wildman–Crippen LogP) is 5.90. The van der Waals surface area contributed by atoms with E-state index in [1.54, 1.807) is 11.1 Å². The Bertz CT molecular complexity index is 494. The van der Waals surface area contributed by atoms with Crippen LogP contribution in [0.25, 0.3) is 6.08 Å². The van der Waals surface area contributed by atoms with E-state index in [0.717, 1.165) is 12.8 Å². The molecule has 1 aromatic rings. The van der Waals surface area contributed by atoms with Crippen LogP contribution in [-0.2, 0) is 12.8 Å². The highest BCUT2D eigenvalue weighted by molar-refractivity contribution is 8.00. The highest BCUT2D eigenvalue weighted by Gasteiger charge is 2.27. The van der Waals surface area contributed by atoms with E-state index in [4.69, 9.17) is 0 Å². The average molecular weight is 342 g/mol. The van der Waals surface area contributed by atoms with Crippen LogP contribution < -0.4 is 0 Å². The third-order valence-electron chi connectivity index (χ3n) is 2.63. The highest BCUT2D eigenvalue weighted by atomic mass is 32.2. The van der Waals surface area contributed by atoms with Crippen molar-refractivity contribution in [2.75, 3.05) is 12.5 Å². The first-order chi connectivity index (χ1) is 9.31. The van der Waals surface area contributed by atoms with Gasteiger partial charge in [0.25, 0.3) is 4.21 Å². The topological polar surface area (TPSA) is 0 Å². The van der Waals surface area contributed by atoms with Crippen molar-refractivity contribution in [3.63, 3.8) is 0 Å². The van der Waals surface area contributed by atoms with Crippen LogP contribution >= 0.6 is 34.9 Å². The van der Waals surface area contributed by atoms with Gasteiger partial charge in [-0.15, -0.1) is 11.8 Å². The van der Waals surface area contributed by atoms with E-state index in [9.17, 15) is 17.3 Å². The minimum absolute atomic E-state index is 1.13. The first-order valence-electron chi connectivity index (χ1n) is 5.95. The summed E-state index contributed by atoms with van der Waals surface area (Å²) < 4.78 is 40.5. The first kappa shape index (κ1) is 17.8. The number of halogens is 4.